The van der Waals surface area contributed by atoms with E-state index in [2.05, 4.69) is 45.1 Å². The molecule has 11 heavy (non-hydrogen) atoms. The second-order valence-electron chi connectivity index (χ2n) is 3.80. The molecule has 1 atom stereocenters. The summed E-state index contributed by atoms with van der Waals surface area (Å²) in [5.74, 6) is 0. The average Bonchev–Trinajstić information content (AvgIpc) is 1.89. The van der Waals surface area contributed by atoms with Gasteiger partial charge in [-0.05, 0) is 41.4 Å². The molecule has 0 aliphatic heterocycles. The van der Waals surface area contributed by atoms with Crippen molar-refractivity contribution in [2.75, 3.05) is 21.1 Å². The van der Waals surface area contributed by atoms with Gasteiger partial charge in [0.1, 0.15) is 0 Å². The molecule has 0 aromatic heterocycles. The Morgan fingerprint density at radius 3 is 1.91 bits per heavy atom. The van der Waals surface area contributed by atoms with Crippen molar-refractivity contribution in [3.8, 4) is 0 Å². The fraction of sp³-hybridized carbons (Fsp3) is 1.00. The molecule has 0 aromatic carbocycles. The lowest BCUT2D eigenvalue weighted by molar-refractivity contribution is 0.139. The molecule has 0 fully saturated rings. The highest BCUT2D eigenvalue weighted by Crippen LogP contribution is 2.17. The number of nitrogens with one attached hydrogen (secondary N) is 1. The quantitative estimate of drug-likeness (QED) is 0.664. The Morgan fingerprint density at radius 1 is 1.36 bits per heavy atom. The Bertz CT molecular complexity index is 104. The molecule has 1 N–H and O–H groups in total. The Labute approximate surface area is 71.0 Å². The van der Waals surface area contributed by atoms with Crippen LogP contribution in [0.25, 0.3) is 0 Å². The third-order valence-electron chi connectivity index (χ3n) is 2.76. The zero-order valence-corrected chi connectivity index (χ0v) is 8.73. The van der Waals surface area contributed by atoms with Crippen LogP contribution in [0.2, 0.25) is 0 Å². The van der Waals surface area contributed by atoms with Crippen LogP contribution in [-0.4, -0.2) is 37.6 Å². The van der Waals surface area contributed by atoms with Crippen LogP contribution in [0.3, 0.4) is 0 Å². The molecular formula is C9H22N2. The first-order valence-corrected chi connectivity index (χ1v) is 4.31. The number of hydrogen-bond acceptors (Lipinski definition) is 2. The lowest BCUT2D eigenvalue weighted by atomic mass is 9.91. The maximum Gasteiger partial charge on any atom is 0.0299 e. The van der Waals surface area contributed by atoms with Crippen molar-refractivity contribution >= 4 is 0 Å². The van der Waals surface area contributed by atoms with Crippen molar-refractivity contribution in [1.29, 1.82) is 0 Å². The van der Waals surface area contributed by atoms with Gasteiger partial charge in [-0.1, -0.05) is 6.92 Å². The van der Waals surface area contributed by atoms with Crippen LogP contribution in [0.1, 0.15) is 27.2 Å². The summed E-state index contributed by atoms with van der Waals surface area (Å²) in [7, 11) is 6.28. The minimum absolute atomic E-state index is 0.240. The van der Waals surface area contributed by atoms with E-state index in [4.69, 9.17) is 0 Å². The highest BCUT2D eigenvalue weighted by atomic mass is 15.2. The van der Waals surface area contributed by atoms with Gasteiger partial charge in [0.2, 0.25) is 0 Å². The SMILES string of the molecule is CCC(NC)C(C)(C)N(C)C. The standard InChI is InChI=1S/C9H22N2/c1-7-8(10-4)9(2,3)11(5)6/h8,10H,7H2,1-6H3. The lowest BCUT2D eigenvalue weighted by Crippen LogP contribution is -2.53. The molecule has 0 rings (SSSR count). The first-order chi connectivity index (χ1) is 4.96. The predicted octanol–water partition coefficient (Wildman–Crippen LogP) is 1.32. The normalized spacial score (nSPS) is 15.5. The van der Waals surface area contributed by atoms with E-state index in [0.717, 1.165) is 0 Å². The molecular weight excluding hydrogens is 136 g/mol. The average molecular weight is 158 g/mol. The zero-order chi connectivity index (χ0) is 9.07. The molecule has 0 radical (unpaired) electrons. The van der Waals surface area contributed by atoms with Crippen LogP contribution in [0, 0.1) is 0 Å². The van der Waals surface area contributed by atoms with Crippen LogP contribution in [-0.2, 0) is 0 Å². The van der Waals surface area contributed by atoms with Crippen LogP contribution in [0.4, 0.5) is 0 Å². The second-order valence-corrected chi connectivity index (χ2v) is 3.80. The summed E-state index contributed by atoms with van der Waals surface area (Å²) in [5, 5.41) is 3.33. The van der Waals surface area contributed by atoms with E-state index < -0.39 is 0 Å². The van der Waals surface area contributed by atoms with Gasteiger partial charge < -0.3 is 10.2 Å². The molecule has 0 aromatic rings. The Balaban J connectivity index is 4.24. The fourth-order valence-corrected chi connectivity index (χ4v) is 1.37. The first-order valence-electron chi connectivity index (χ1n) is 4.31. The summed E-state index contributed by atoms with van der Waals surface area (Å²) in [6, 6.07) is 0.567. The molecule has 0 heterocycles. The van der Waals surface area contributed by atoms with Gasteiger partial charge in [0.15, 0.2) is 0 Å². The van der Waals surface area contributed by atoms with E-state index in [-0.39, 0.29) is 5.54 Å². The minimum Gasteiger partial charge on any atom is -0.315 e. The summed E-state index contributed by atoms with van der Waals surface area (Å²) in [5.41, 5.74) is 0.240. The number of rotatable bonds is 4. The molecule has 0 aliphatic rings. The monoisotopic (exact) mass is 158 g/mol. The Kier molecular flexibility index (Phi) is 4.04. The van der Waals surface area contributed by atoms with Gasteiger partial charge in [-0.25, -0.2) is 0 Å². The molecule has 0 amide bonds. The molecule has 0 aliphatic carbocycles. The van der Waals surface area contributed by atoms with Crippen molar-refractivity contribution in [2.45, 2.75) is 38.8 Å². The zero-order valence-electron chi connectivity index (χ0n) is 8.73. The molecule has 68 valence electrons. The van der Waals surface area contributed by atoms with Gasteiger partial charge in [-0.2, -0.15) is 0 Å². The van der Waals surface area contributed by atoms with Crippen LogP contribution in [0.5, 0.6) is 0 Å². The maximum absolute atomic E-state index is 3.33. The molecule has 2 nitrogen and oxygen atoms in total. The van der Waals surface area contributed by atoms with Crippen molar-refractivity contribution < 1.29 is 0 Å². The number of hydrogen-bond donors (Lipinski definition) is 1. The van der Waals surface area contributed by atoms with Crippen molar-refractivity contribution in [3.63, 3.8) is 0 Å². The third kappa shape index (κ3) is 2.46. The number of nitrogens with zero attached hydrogens (tertiary/aromatic N) is 1. The van der Waals surface area contributed by atoms with Crippen molar-refractivity contribution in [3.05, 3.63) is 0 Å². The topological polar surface area (TPSA) is 15.3 Å². The van der Waals surface area contributed by atoms with E-state index in [1.54, 1.807) is 0 Å². The molecule has 0 spiro atoms. The van der Waals surface area contributed by atoms with E-state index >= 15 is 0 Å². The summed E-state index contributed by atoms with van der Waals surface area (Å²) in [6.45, 7) is 6.74. The largest absolute Gasteiger partial charge is 0.315 e. The summed E-state index contributed by atoms with van der Waals surface area (Å²) < 4.78 is 0. The van der Waals surface area contributed by atoms with Gasteiger partial charge in [-0.15, -0.1) is 0 Å². The van der Waals surface area contributed by atoms with Crippen molar-refractivity contribution in [1.82, 2.24) is 10.2 Å². The molecule has 0 saturated carbocycles. The van der Waals surface area contributed by atoms with Crippen LogP contribution < -0.4 is 5.32 Å². The van der Waals surface area contributed by atoms with Crippen molar-refractivity contribution in [2.24, 2.45) is 0 Å². The maximum atomic E-state index is 3.33. The Hall–Kier alpha value is -0.0800. The van der Waals surface area contributed by atoms with E-state index in [0.29, 0.717) is 6.04 Å². The second kappa shape index (κ2) is 4.07. The molecule has 0 saturated heterocycles. The van der Waals surface area contributed by atoms with Gasteiger partial charge >= 0.3 is 0 Å². The highest BCUT2D eigenvalue weighted by molar-refractivity contribution is 4.89. The first kappa shape index (κ1) is 10.9. The van der Waals surface area contributed by atoms with Gasteiger partial charge in [0, 0.05) is 11.6 Å². The predicted molar refractivity (Wildman–Crippen MR) is 50.9 cm³/mol. The summed E-state index contributed by atoms with van der Waals surface area (Å²) >= 11 is 0. The fourth-order valence-electron chi connectivity index (χ4n) is 1.37. The summed E-state index contributed by atoms with van der Waals surface area (Å²) in [6.07, 6.45) is 1.17. The number of likely N-dealkylation sites (N-methyl/N-ethyl adjacent to an activating group) is 2. The van der Waals surface area contributed by atoms with Crippen LogP contribution in [0.15, 0.2) is 0 Å². The van der Waals surface area contributed by atoms with Gasteiger partial charge in [-0.3, -0.25) is 0 Å². The van der Waals surface area contributed by atoms with Gasteiger partial charge in [0.05, 0.1) is 0 Å². The van der Waals surface area contributed by atoms with E-state index in [1.807, 2.05) is 7.05 Å². The minimum atomic E-state index is 0.240. The highest BCUT2D eigenvalue weighted by Gasteiger charge is 2.28. The molecule has 1 unspecified atom stereocenters. The van der Waals surface area contributed by atoms with Gasteiger partial charge in [0.25, 0.3) is 0 Å². The lowest BCUT2D eigenvalue weighted by Gasteiger charge is -2.39. The van der Waals surface area contributed by atoms with Crippen LogP contribution >= 0.6 is 0 Å². The van der Waals surface area contributed by atoms with E-state index in [1.165, 1.54) is 6.42 Å². The molecule has 2 heteroatoms. The Morgan fingerprint density at radius 2 is 1.82 bits per heavy atom. The third-order valence-corrected chi connectivity index (χ3v) is 2.76. The molecule has 0 bridgehead atoms. The summed E-state index contributed by atoms with van der Waals surface area (Å²) in [4.78, 5) is 2.26. The van der Waals surface area contributed by atoms with E-state index in [9.17, 15) is 0 Å². The smallest absolute Gasteiger partial charge is 0.0299 e.